The average molecular weight is 226 g/mol. The van der Waals surface area contributed by atoms with Crippen LogP contribution in [0, 0.1) is 5.41 Å². The number of ether oxygens (including phenoxy) is 1. The van der Waals surface area contributed by atoms with Crippen LogP contribution in [0.5, 0.6) is 0 Å². The van der Waals surface area contributed by atoms with E-state index in [-0.39, 0.29) is 5.91 Å². The summed E-state index contributed by atoms with van der Waals surface area (Å²) in [7, 11) is 0. The summed E-state index contributed by atoms with van der Waals surface area (Å²) in [6.07, 6.45) is 6.37. The standard InChI is InChI=1S/C12H22N2O2/c1-2-3-4-7-14-11(15)12(10-13)5-8-16-9-6-12/h2-3H,4-10,13H2,1H3,(H,14,15)/b3-2+. The minimum Gasteiger partial charge on any atom is -0.381 e. The van der Waals surface area contributed by atoms with E-state index in [4.69, 9.17) is 10.5 Å². The molecule has 16 heavy (non-hydrogen) atoms. The van der Waals surface area contributed by atoms with Crippen LogP contribution in [0.1, 0.15) is 26.2 Å². The molecule has 1 rings (SSSR count). The Bertz CT molecular complexity index is 245. The van der Waals surface area contributed by atoms with Gasteiger partial charge in [-0.15, -0.1) is 0 Å². The van der Waals surface area contributed by atoms with E-state index in [9.17, 15) is 4.79 Å². The van der Waals surface area contributed by atoms with E-state index >= 15 is 0 Å². The maximum absolute atomic E-state index is 12.0. The Balaban J connectivity index is 2.42. The Morgan fingerprint density at radius 1 is 1.50 bits per heavy atom. The molecule has 1 saturated heterocycles. The fourth-order valence-corrected chi connectivity index (χ4v) is 1.91. The molecular formula is C12H22N2O2. The Morgan fingerprint density at radius 2 is 2.19 bits per heavy atom. The maximum Gasteiger partial charge on any atom is 0.227 e. The Morgan fingerprint density at radius 3 is 2.75 bits per heavy atom. The number of carbonyl (C=O) groups excluding carboxylic acids is 1. The second kappa shape index (κ2) is 6.66. The number of hydrogen-bond acceptors (Lipinski definition) is 3. The molecule has 0 unspecified atom stereocenters. The third kappa shape index (κ3) is 3.32. The van der Waals surface area contributed by atoms with Crippen molar-refractivity contribution in [2.24, 2.45) is 11.1 Å². The lowest BCUT2D eigenvalue weighted by atomic mass is 9.79. The first-order valence-corrected chi connectivity index (χ1v) is 5.92. The van der Waals surface area contributed by atoms with Crippen molar-refractivity contribution < 1.29 is 9.53 Å². The summed E-state index contributed by atoms with van der Waals surface area (Å²) in [5, 5.41) is 2.95. The molecule has 0 radical (unpaired) electrons. The second-order valence-corrected chi connectivity index (χ2v) is 4.21. The molecule has 1 fully saturated rings. The van der Waals surface area contributed by atoms with Crippen molar-refractivity contribution in [3.63, 3.8) is 0 Å². The molecule has 0 saturated carbocycles. The molecule has 3 N–H and O–H groups in total. The summed E-state index contributed by atoms with van der Waals surface area (Å²) >= 11 is 0. The van der Waals surface area contributed by atoms with Crippen molar-refractivity contribution in [1.82, 2.24) is 5.32 Å². The summed E-state index contributed by atoms with van der Waals surface area (Å²) < 4.78 is 5.27. The molecule has 1 aliphatic rings. The molecule has 4 heteroatoms. The highest BCUT2D eigenvalue weighted by Crippen LogP contribution is 2.29. The molecule has 0 aromatic carbocycles. The van der Waals surface area contributed by atoms with E-state index in [0.717, 1.165) is 19.3 Å². The summed E-state index contributed by atoms with van der Waals surface area (Å²) in [4.78, 5) is 12.0. The zero-order valence-corrected chi connectivity index (χ0v) is 10.00. The lowest BCUT2D eigenvalue weighted by Crippen LogP contribution is -2.49. The van der Waals surface area contributed by atoms with Gasteiger partial charge >= 0.3 is 0 Å². The molecule has 0 spiro atoms. The minimum absolute atomic E-state index is 0.0859. The van der Waals surface area contributed by atoms with Gasteiger partial charge in [0.2, 0.25) is 5.91 Å². The predicted molar refractivity (Wildman–Crippen MR) is 64.0 cm³/mol. The first-order chi connectivity index (χ1) is 7.75. The number of nitrogens with two attached hydrogens (primary N) is 1. The quantitative estimate of drug-likeness (QED) is 0.539. The Labute approximate surface area is 97.2 Å². The van der Waals surface area contributed by atoms with Crippen molar-refractivity contribution in [2.45, 2.75) is 26.2 Å². The van der Waals surface area contributed by atoms with Gasteiger partial charge in [0.25, 0.3) is 0 Å². The van der Waals surface area contributed by atoms with Crippen molar-refractivity contribution in [1.29, 1.82) is 0 Å². The van der Waals surface area contributed by atoms with E-state index in [1.54, 1.807) is 0 Å². The number of nitrogens with one attached hydrogen (secondary N) is 1. The van der Waals surface area contributed by atoms with Crippen molar-refractivity contribution in [3.8, 4) is 0 Å². The van der Waals surface area contributed by atoms with Crippen LogP contribution in [-0.4, -0.2) is 32.2 Å². The summed E-state index contributed by atoms with van der Waals surface area (Å²) in [6, 6.07) is 0. The molecule has 0 atom stereocenters. The van der Waals surface area contributed by atoms with Gasteiger partial charge in [-0.2, -0.15) is 0 Å². The monoisotopic (exact) mass is 226 g/mol. The first-order valence-electron chi connectivity index (χ1n) is 5.92. The van der Waals surface area contributed by atoms with Crippen molar-refractivity contribution in [2.75, 3.05) is 26.3 Å². The van der Waals surface area contributed by atoms with Crippen LogP contribution in [0.2, 0.25) is 0 Å². The zero-order chi connectivity index (χ0) is 11.9. The summed E-state index contributed by atoms with van der Waals surface area (Å²) in [5.41, 5.74) is 5.34. The van der Waals surface area contributed by atoms with Gasteiger partial charge in [-0.1, -0.05) is 12.2 Å². The van der Waals surface area contributed by atoms with Gasteiger partial charge in [0, 0.05) is 26.3 Å². The molecule has 4 nitrogen and oxygen atoms in total. The van der Waals surface area contributed by atoms with Crippen LogP contribution in [-0.2, 0) is 9.53 Å². The summed E-state index contributed by atoms with van der Waals surface area (Å²) in [5.74, 6) is 0.0859. The number of carbonyl (C=O) groups is 1. The second-order valence-electron chi connectivity index (χ2n) is 4.21. The van der Waals surface area contributed by atoms with Gasteiger partial charge in [-0.25, -0.2) is 0 Å². The van der Waals surface area contributed by atoms with Crippen LogP contribution in [0.25, 0.3) is 0 Å². The van der Waals surface area contributed by atoms with Crippen LogP contribution < -0.4 is 11.1 Å². The van der Waals surface area contributed by atoms with Crippen molar-refractivity contribution in [3.05, 3.63) is 12.2 Å². The number of allylic oxidation sites excluding steroid dienone is 1. The molecule has 0 bridgehead atoms. The van der Waals surface area contributed by atoms with E-state index in [1.165, 1.54) is 0 Å². The topological polar surface area (TPSA) is 64.4 Å². The number of rotatable bonds is 5. The lowest BCUT2D eigenvalue weighted by Gasteiger charge is -2.34. The largest absolute Gasteiger partial charge is 0.381 e. The van der Waals surface area contributed by atoms with Gasteiger partial charge in [-0.05, 0) is 26.2 Å². The minimum atomic E-state index is -0.395. The molecule has 0 aliphatic carbocycles. The van der Waals surface area contributed by atoms with Crippen LogP contribution in [0.15, 0.2) is 12.2 Å². The Kier molecular flexibility index (Phi) is 5.49. The van der Waals surface area contributed by atoms with E-state index in [0.29, 0.717) is 26.3 Å². The highest BCUT2D eigenvalue weighted by Gasteiger charge is 2.38. The normalized spacial score (nSPS) is 19.9. The Hall–Kier alpha value is -0.870. The van der Waals surface area contributed by atoms with Gasteiger partial charge in [0.15, 0.2) is 0 Å². The van der Waals surface area contributed by atoms with Gasteiger partial charge < -0.3 is 15.8 Å². The zero-order valence-electron chi connectivity index (χ0n) is 10.00. The SMILES string of the molecule is C/C=C/CCNC(=O)C1(CN)CCOCC1. The molecule has 0 aromatic rings. The first kappa shape index (κ1) is 13.2. The highest BCUT2D eigenvalue weighted by atomic mass is 16.5. The molecule has 1 aliphatic heterocycles. The van der Waals surface area contributed by atoms with Gasteiger partial charge in [0.05, 0.1) is 5.41 Å². The van der Waals surface area contributed by atoms with Gasteiger partial charge in [-0.3, -0.25) is 4.79 Å². The molecule has 92 valence electrons. The molecule has 1 heterocycles. The third-order valence-electron chi connectivity index (χ3n) is 3.15. The average Bonchev–Trinajstić information content (AvgIpc) is 2.35. The third-order valence-corrected chi connectivity index (χ3v) is 3.15. The number of hydrogen-bond donors (Lipinski definition) is 2. The van der Waals surface area contributed by atoms with Crippen molar-refractivity contribution >= 4 is 5.91 Å². The van der Waals surface area contributed by atoms with E-state index in [1.807, 2.05) is 19.1 Å². The predicted octanol–water partition coefficient (Wildman–Crippen LogP) is 0.824. The highest BCUT2D eigenvalue weighted by molar-refractivity contribution is 5.83. The molecule has 0 aromatic heterocycles. The van der Waals surface area contributed by atoms with Crippen LogP contribution >= 0.6 is 0 Å². The fourth-order valence-electron chi connectivity index (χ4n) is 1.91. The lowest BCUT2D eigenvalue weighted by molar-refractivity contribution is -0.135. The smallest absolute Gasteiger partial charge is 0.227 e. The van der Waals surface area contributed by atoms with Gasteiger partial charge in [0.1, 0.15) is 0 Å². The van der Waals surface area contributed by atoms with Crippen LogP contribution in [0.4, 0.5) is 0 Å². The number of amides is 1. The molecule has 1 amide bonds. The fraction of sp³-hybridized carbons (Fsp3) is 0.750. The van der Waals surface area contributed by atoms with E-state index < -0.39 is 5.41 Å². The van der Waals surface area contributed by atoms with Crippen LogP contribution in [0.3, 0.4) is 0 Å². The molecular weight excluding hydrogens is 204 g/mol. The maximum atomic E-state index is 12.0. The van der Waals surface area contributed by atoms with E-state index in [2.05, 4.69) is 5.32 Å². The summed E-state index contributed by atoms with van der Waals surface area (Å²) in [6.45, 7) is 4.35.